The zero-order valence-corrected chi connectivity index (χ0v) is 12.5. The van der Waals surface area contributed by atoms with Crippen molar-refractivity contribution in [3.8, 4) is 0 Å². The number of likely N-dealkylation sites (N-methyl/N-ethyl adjacent to an activating group) is 1. The third kappa shape index (κ3) is 3.91. The lowest BCUT2D eigenvalue weighted by atomic mass is 10.1. The van der Waals surface area contributed by atoms with Crippen molar-refractivity contribution in [1.82, 2.24) is 0 Å². The Balaban J connectivity index is 2.07. The number of benzene rings is 2. The van der Waals surface area contributed by atoms with Gasteiger partial charge < -0.3 is 4.90 Å². The van der Waals surface area contributed by atoms with Gasteiger partial charge in [-0.25, -0.2) is 4.39 Å². The van der Waals surface area contributed by atoms with Crippen molar-refractivity contribution in [1.29, 1.82) is 0 Å². The summed E-state index contributed by atoms with van der Waals surface area (Å²) in [7, 11) is 0. The molecule has 0 atom stereocenters. The zero-order valence-electron chi connectivity index (χ0n) is 12.5. The van der Waals surface area contributed by atoms with Crippen LogP contribution < -0.4 is 4.90 Å². The molecule has 0 aliphatic heterocycles. The second kappa shape index (κ2) is 7.02. The Hall–Kier alpha value is -2.16. The van der Waals surface area contributed by atoms with Gasteiger partial charge in [-0.15, -0.1) is 0 Å². The average molecular weight is 285 g/mol. The maximum atomic E-state index is 13.6. The number of Topliss-reactive ketones (excluding diaryl/α,β-unsaturated/α-hetero) is 1. The number of carbonyl (C=O) groups excluding carboxylic acids is 1. The Morgan fingerprint density at radius 1 is 1.10 bits per heavy atom. The van der Waals surface area contributed by atoms with Gasteiger partial charge in [-0.2, -0.15) is 0 Å². The summed E-state index contributed by atoms with van der Waals surface area (Å²) in [6, 6.07) is 14.4. The van der Waals surface area contributed by atoms with Crippen LogP contribution in [-0.2, 0) is 11.2 Å². The standard InChI is InChI=1S/C18H20FNO/c1-3-20(18-11-7-4-8-14(18)2)13-16(21)12-15-9-5-6-10-17(15)19/h4-11H,3,12-13H2,1-2H3. The summed E-state index contributed by atoms with van der Waals surface area (Å²) >= 11 is 0. The molecule has 0 unspecified atom stereocenters. The topological polar surface area (TPSA) is 20.3 Å². The highest BCUT2D eigenvalue weighted by atomic mass is 19.1. The number of nitrogens with zero attached hydrogens (tertiary/aromatic N) is 1. The van der Waals surface area contributed by atoms with Gasteiger partial charge in [-0.05, 0) is 37.1 Å². The van der Waals surface area contributed by atoms with E-state index in [1.807, 2.05) is 43.0 Å². The van der Waals surface area contributed by atoms with E-state index in [0.29, 0.717) is 12.1 Å². The third-order valence-corrected chi connectivity index (χ3v) is 3.55. The van der Waals surface area contributed by atoms with Gasteiger partial charge in [0.2, 0.25) is 0 Å². The summed E-state index contributed by atoms with van der Waals surface area (Å²) in [5.74, 6) is -0.296. The van der Waals surface area contributed by atoms with Crippen molar-refractivity contribution in [2.45, 2.75) is 20.3 Å². The van der Waals surface area contributed by atoms with Crippen LogP contribution in [0.5, 0.6) is 0 Å². The number of aryl methyl sites for hydroxylation is 1. The highest BCUT2D eigenvalue weighted by Gasteiger charge is 2.13. The van der Waals surface area contributed by atoms with E-state index in [1.54, 1.807) is 18.2 Å². The Bertz CT molecular complexity index is 624. The SMILES string of the molecule is CCN(CC(=O)Cc1ccccc1F)c1ccccc1C. The molecule has 0 radical (unpaired) electrons. The molecular formula is C18H20FNO. The summed E-state index contributed by atoms with van der Waals surface area (Å²) in [5, 5.41) is 0. The highest BCUT2D eigenvalue weighted by molar-refractivity contribution is 5.85. The summed E-state index contributed by atoms with van der Waals surface area (Å²) in [5.41, 5.74) is 2.66. The first-order valence-corrected chi connectivity index (χ1v) is 7.17. The molecule has 0 amide bonds. The van der Waals surface area contributed by atoms with Crippen LogP contribution in [0.1, 0.15) is 18.1 Å². The number of hydrogen-bond donors (Lipinski definition) is 0. The quantitative estimate of drug-likeness (QED) is 0.805. The number of rotatable bonds is 6. The number of anilines is 1. The molecule has 0 aromatic heterocycles. The van der Waals surface area contributed by atoms with Gasteiger partial charge in [0.1, 0.15) is 5.82 Å². The van der Waals surface area contributed by atoms with Crippen molar-refractivity contribution >= 4 is 11.5 Å². The molecule has 0 saturated carbocycles. The fourth-order valence-electron chi connectivity index (χ4n) is 2.41. The highest BCUT2D eigenvalue weighted by Crippen LogP contribution is 2.19. The lowest BCUT2D eigenvalue weighted by Gasteiger charge is -2.24. The van der Waals surface area contributed by atoms with Crippen molar-refractivity contribution in [2.75, 3.05) is 18.0 Å². The van der Waals surface area contributed by atoms with Gasteiger partial charge in [0.25, 0.3) is 0 Å². The van der Waals surface area contributed by atoms with E-state index in [4.69, 9.17) is 0 Å². The lowest BCUT2D eigenvalue weighted by Crippen LogP contribution is -2.31. The molecule has 0 aliphatic rings. The number of hydrogen-bond acceptors (Lipinski definition) is 2. The van der Waals surface area contributed by atoms with E-state index in [9.17, 15) is 9.18 Å². The smallest absolute Gasteiger partial charge is 0.156 e. The van der Waals surface area contributed by atoms with Gasteiger partial charge >= 0.3 is 0 Å². The fourth-order valence-corrected chi connectivity index (χ4v) is 2.41. The third-order valence-electron chi connectivity index (χ3n) is 3.55. The second-order valence-electron chi connectivity index (χ2n) is 5.11. The number of para-hydroxylation sites is 1. The van der Waals surface area contributed by atoms with Crippen LogP contribution in [0, 0.1) is 12.7 Å². The molecule has 2 aromatic rings. The molecule has 0 spiro atoms. The fraction of sp³-hybridized carbons (Fsp3) is 0.278. The number of carbonyl (C=O) groups is 1. The van der Waals surface area contributed by atoms with Crippen molar-refractivity contribution in [2.24, 2.45) is 0 Å². The molecule has 0 N–H and O–H groups in total. The first-order chi connectivity index (χ1) is 10.1. The maximum Gasteiger partial charge on any atom is 0.156 e. The normalized spacial score (nSPS) is 10.4. The summed E-state index contributed by atoms with van der Waals surface area (Å²) < 4.78 is 13.6. The molecule has 3 heteroatoms. The predicted octanol–water partition coefficient (Wildman–Crippen LogP) is 3.77. The van der Waals surface area contributed by atoms with Crippen molar-refractivity contribution in [3.05, 3.63) is 65.5 Å². The molecule has 21 heavy (non-hydrogen) atoms. The van der Waals surface area contributed by atoms with Crippen LogP contribution >= 0.6 is 0 Å². The molecule has 2 aromatic carbocycles. The van der Waals surface area contributed by atoms with Gasteiger partial charge in [0, 0.05) is 18.7 Å². The first-order valence-electron chi connectivity index (χ1n) is 7.17. The monoisotopic (exact) mass is 285 g/mol. The van der Waals surface area contributed by atoms with Gasteiger partial charge in [-0.3, -0.25) is 4.79 Å². The average Bonchev–Trinajstić information content (AvgIpc) is 2.48. The van der Waals surface area contributed by atoms with Crippen LogP contribution in [0.25, 0.3) is 0 Å². The van der Waals surface area contributed by atoms with Gasteiger partial charge in [-0.1, -0.05) is 36.4 Å². The van der Waals surface area contributed by atoms with Crippen LogP contribution in [0.3, 0.4) is 0 Å². The largest absolute Gasteiger partial charge is 0.364 e. The van der Waals surface area contributed by atoms with Gasteiger partial charge in [0.15, 0.2) is 5.78 Å². The van der Waals surface area contributed by atoms with Crippen LogP contribution in [0.15, 0.2) is 48.5 Å². The molecule has 110 valence electrons. The molecule has 0 heterocycles. The molecule has 0 fully saturated rings. The predicted molar refractivity (Wildman–Crippen MR) is 84.2 cm³/mol. The Kier molecular flexibility index (Phi) is 5.09. The number of halogens is 1. The molecule has 0 aliphatic carbocycles. The number of ketones is 1. The molecule has 0 saturated heterocycles. The zero-order chi connectivity index (χ0) is 15.2. The van der Waals surface area contributed by atoms with E-state index >= 15 is 0 Å². The molecule has 2 nitrogen and oxygen atoms in total. The van der Waals surface area contributed by atoms with E-state index in [0.717, 1.165) is 17.8 Å². The van der Waals surface area contributed by atoms with E-state index in [1.165, 1.54) is 6.07 Å². The Labute approximate surface area is 125 Å². The molecule has 2 rings (SSSR count). The summed E-state index contributed by atoms with van der Waals surface area (Å²) in [4.78, 5) is 14.2. The minimum atomic E-state index is -0.315. The van der Waals surface area contributed by atoms with Crippen LogP contribution in [0.2, 0.25) is 0 Å². The molecule has 0 bridgehead atoms. The summed E-state index contributed by atoms with van der Waals surface area (Å²) in [6.45, 7) is 5.09. The Morgan fingerprint density at radius 2 is 1.76 bits per heavy atom. The van der Waals surface area contributed by atoms with E-state index in [-0.39, 0.29) is 18.0 Å². The molecular weight excluding hydrogens is 265 g/mol. The minimum absolute atomic E-state index is 0.0187. The van der Waals surface area contributed by atoms with Crippen molar-refractivity contribution in [3.63, 3.8) is 0 Å². The second-order valence-corrected chi connectivity index (χ2v) is 5.11. The minimum Gasteiger partial charge on any atom is -0.364 e. The summed E-state index contributed by atoms with van der Waals surface area (Å²) in [6.07, 6.45) is 0.134. The van der Waals surface area contributed by atoms with Crippen molar-refractivity contribution < 1.29 is 9.18 Å². The van der Waals surface area contributed by atoms with Gasteiger partial charge in [0.05, 0.1) is 6.54 Å². The maximum absolute atomic E-state index is 13.6. The Morgan fingerprint density at radius 3 is 2.43 bits per heavy atom. The van der Waals surface area contributed by atoms with E-state index in [2.05, 4.69) is 0 Å². The van der Waals surface area contributed by atoms with Crippen LogP contribution in [0.4, 0.5) is 10.1 Å². The van der Waals surface area contributed by atoms with Crippen LogP contribution in [-0.4, -0.2) is 18.9 Å². The lowest BCUT2D eigenvalue weighted by molar-refractivity contribution is -0.117. The first kappa shape index (κ1) is 15.2. The van der Waals surface area contributed by atoms with E-state index < -0.39 is 0 Å².